The SMILES string of the molecule is CCC(OC(=O)CN(C)C)C(C)C1OC1CC(C)/C=C/C=C(\C)C1OC(=O)CC(O)CCC(C)(O)C(OC(C)=O)/C=C/C1C. The van der Waals surface area contributed by atoms with E-state index in [1.807, 2.05) is 47.0 Å². The Bertz CT molecular complexity index is 1050. The predicted molar refractivity (Wildman–Crippen MR) is 167 cm³/mol. The third-order valence-corrected chi connectivity index (χ3v) is 8.33. The molecule has 10 unspecified atom stereocenters. The van der Waals surface area contributed by atoms with Crippen LogP contribution in [0.1, 0.15) is 80.6 Å². The van der Waals surface area contributed by atoms with Gasteiger partial charge >= 0.3 is 17.9 Å². The predicted octanol–water partition coefficient (Wildman–Crippen LogP) is 4.13. The van der Waals surface area contributed by atoms with Gasteiger partial charge in [0.2, 0.25) is 0 Å². The van der Waals surface area contributed by atoms with Gasteiger partial charge < -0.3 is 29.2 Å². The third-order valence-electron chi connectivity index (χ3n) is 8.33. The zero-order valence-corrected chi connectivity index (χ0v) is 28.0. The smallest absolute Gasteiger partial charge is 0.320 e. The molecule has 1 saturated heterocycles. The van der Waals surface area contributed by atoms with Crippen LogP contribution in [0.15, 0.2) is 36.0 Å². The number of likely N-dealkylation sites (N-methyl/N-ethyl adjacent to an activating group) is 1. The number of carbonyl (C=O) groups is 3. The minimum absolute atomic E-state index is 0.0513. The van der Waals surface area contributed by atoms with Crippen LogP contribution in [0.2, 0.25) is 0 Å². The molecule has 10 nitrogen and oxygen atoms in total. The molecule has 44 heavy (non-hydrogen) atoms. The van der Waals surface area contributed by atoms with Crippen molar-refractivity contribution in [1.82, 2.24) is 4.90 Å². The van der Waals surface area contributed by atoms with E-state index in [0.717, 1.165) is 18.4 Å². The average molecular weight is 622 g/mol. The van der Waals surface area contributed by atoms with Gasteiger partial charge in [-0.25, -0.2) is 0 Å². The first-order valence-electron chi connectivity index (χ1n) is 15.8. The van der Waals surface area contributed by atoms with Crippen LogP contribution in [0.4, 0.5) is 0 Å². The van der Waals surface area contributed by atoms with Gasteiger partial charge in [-0.3, -0.25) is 19.3 Å². The summed E-state index contributed by atoms with van der Waals surface area (Å²) in [6.45, 7) is 13.0. The molecule has 0 bridgehead atoms. The highest BCUT2D eigenvalue weighted by atomic mass is 16.6. The molecular formula is C34H55NO9. The molecule has 0 radical (unpaired) electrons. The maximum absolute atomic E-state index is 12.7. The van der Waals surface area contributed by atoms with Crippen LogP contribution in [-0.2, 0) is 33.3 Å². The van der Waals surface area contributed by atoms with Gasteiger partial charge in [0.25, 0.3) is 0 Å². The summed E-state index contributed by atoms with van der Waals surface area (Å²) < 4.78 is 22.9. The largest absolute Gasteiger partial charge is 0.461 e. The normalized spacial score (nSPS) is 33.0. The number of carbonyl (C=O) groups excluding carboxylic acids is 3. The molecule has 2 aliphatic heterocycles. The maximum atomic E-state index is 12.7. The van der Waals surface area contributed by atoms with Crippen LogP contribution in [-0.4, -0.2) is 95.9 Å². The molecule has 2 aliphatic rings. The molecule has 0 spiro atoms. The van der Waals surface area contributed by atoms with Crippen LogP contribution < -0.4 is 0 Å². The quantitative estimate of drug-likeness (QED) is 0.108. The number of epoxide rings is 1. The van der Waals surface area contributed by atoms with Gasteiger partial charge in [0.15, 0.2) is 0 Å². The molecule has 10 atom stereocenters. The average Bonchev–Trinajstić information content (AvgIpc) is 3.68. The lowest BCUT2D eigenvalue weighted by Crippen LogP contribution is -2.42. The molecule has 0 aromatic rings. The summed E-state index contributed by atoms with van der Waals surface area (Å²) in [6.07, 6.45) is 8.43. The first-order valence-corrected chi connectivity index (χ1v) is 15.8. The first-order chi connectivity index (χ1) is 20.5. The van der Waals surface area contributed by atoms with Gasteiger partial charge in [-0.05, 0) is 71.2 Å². The molecule has 2 rings (SSSR count). The molecule has 0 aromatic carbocycles. The topological polar surface area (TPSA) is 135 Å². The van der Waals surface area contributed by atoms with E-state index in [2.05, 4.69) is 19.9 Å². The van der Waals surface area contributed by atoms with E-state index < -0.39 is 35.9 Å². The Kier molecular flexibility index (Phi) is 14.8. The molecule has 0 aromatic heterocycles. The molecule has 1 fully saturated rings. The van der Waals surface area contributed by atoms with Crippen molar-refractivity contribution in [2.75, 3.05) is 20.6 Å². The Balaban J connectivity index is 2.06. The molecule has 0 amide bonds. The van der Waals surface area contributed by atoms with Crippen molar-refractivity contribution in [2.24, 2.45) is 17.8 Å². The summed E-state index contributed by atoms with van der Waals surface area (Å²) in [5.74, 6) is -1.25. The van der Waals surface area contributed by atoms with Crippen molar-refractivity contribution in [3.05, 3.63) is 36.0 Å². The van der Waals surface area contributed by atoms with Crippen molar-refractivity contribution in [3.8, 4) is 0 Å². The highest BCUT2D eigenvalue weighted by Crippen LogP contribution is 2.37. The van der Waals surface area contributed by atoms with Crippen molar-refractivity contribution < 1.29 is 43.5 Å². The number of aliphatic hydroxyl groups is 2. The third kappa shape index (κ3) is 12.5. The molecule has 2 heterocycles. The van der Waals surface area contributed by atoms with Gasteiger partial charge in [-0.15, -0.1) is 0 Å². The van der Waals surface area contributed by atoms with Gasteiger partial charge in [0.1, 0.15) is 23.9 Å². The number of aliphatic hydroxyl groups excluding tert-OH is 1. The lowest BCUT2D eigenvalue weighted by atomic mass is 9.88. The van der Waals surface area contributed by atoms with Crippen LogP contribution in [0.25, 0.3) is 0 Å². The monoisotopic (exact) mass is 621 g/mol. The summed E-state index contributed by atoms with van der Waals surface area (Å²) in [4.78, 5) is 38.3. The Morgan fingerprint density at radius 2 is 1.91 bits per heavy atom. The molecule has 250 valence electrons. The highest BCUT2D eigenvalue weighted by molar-refractivity contribution is 5.72. The van der Waals surface area contributed by atoms with E-state index in [-0.39, 0.29) is 67.8 Å². The molecule has 2 N–H and O–H groups in total. The second-order valence-corrected chi connectivity index (χ2v) is 13.1. The fraction of sp³-hybridized carbons (Fsp3) is 0.735. The second-order valence-electron chi connectivity index (χ2n) is 13.1. The summed E-state index contributed by atoms with van der Waals surface area (Å²) in [7, 11) is 3.67. The van der Waals surface area contributed by atoms with Crippen LogP contribution in [0.3, 0.4) is 0 Å². The minimum Gasteiger partial charge on any atom is -0.461 e. The fourth-order valence-electron chi connectivity index (χ4n) is 5.61. The number of esters is 3. The molecular weight excluding hydrogens is 566 g/mol. The number of hydrogen-bond acceptors (Lipinski definition) is 10. The zero-order valence-electron chi connectivity index (χ0n) is 28.0. The summed E-state index contributed by atoms with van der Waals surface area (Å²) in [6, 6.07) is 0. The number of allylic oxidation sites excluding steroid dienone is 3. The van der Waals surface area contributed by atoms with Crippen LogP contribution in [0.5, 0.6) is 0 Å². The van der Waals surface area contributed by atoms with Crippen molar-refractivity contribution >= 4 is 17.9 Å². The lowest BCUT2D eigenvalue weighted by molar-refractivity contribution is -0.157. The number of rotatable bonds is 12. The minimum atomic E-state index is -1.42. The van der Waals surface area contributed by atoms with Crippen molar-refractivity contribution in [1.29, 1.82) is 0 Å². The Morgan fingerprint density at radius 3 is 2.52 bits per heavy atom. The Morgan fingerprint density at radius 1 is 1.23 bits per heavy atom. The van der Waals surface area contributed by atoms with E-state index in [9.17, 15) is 24.6 Å². The number of nitrogens with zero attached hydrogens (tertiary/aromatic N) is 1. The molecule has 0 saturated carbocycles. The molecule has 0 aliphatic carbocycles. The first kappa shape index (κ1) is 37.7. The van der Waals surface area contributed by atoms with Gasteiger partial charge in [-0.2, -0.15) is 0 Å². The fourth-order valence-corrected chi connectivity index (χ4v) is 5.61. The zero-order chi connectivity index (χ0) is 33.2. The van der Waals surface area contributed by atoms with Crippen molar-refractivity contribution in [3.63, 3.8) is 0 Å². The highest BCUT2D eigenvalue weighted by Gasteiger charge is 2.46. The number of hydrogen-bond donors (Lipinski definition) is 2. The maximum Gasteiger partial charge on any atom is 0.320 e. The van der Waals surface area contributed by atoms with E-state index >= 15 is 0 Å². The van der Waals surface area contributed by atoms with E-state index in [1.165, 1.54) is 6.92 Å². The summed E-state index contributed by atoms with van der Waals surface area (Å²) >= 11 is 0. The van der Waals surface area contributed by atoms with E-state index in [1.54, 1.807) is 24.0 Å². The van der Waals surface area contributed by atoms with Crippen molar-refractivity contribution in [2.45, 2.75) is 123 Å². The summed E-state index contributed by atoms with van der Waals surface area (Å²) in [5.41, 5.74) is -0.609. The number of cyclic esters (lactones) is 1. The standard InChI is InChI=1S/C34H55NO9/c1-10-27(42-31(39)20-35(8)9)24(5)33-28(43-33)18-21(2)12-11-13-22(3)32-23(4)14-15-29(41-25(6)36)34(7,40)17-16-26(37)19-30(38)44-32/h11-15,21,23-24,26-29,32-33,37,40H,10,16-20H2,1-9H3/b12-11+,15-14+,22-13+. The van der Waals surface area contributed by atoms with E-state index in [0.29, 0.717) is 0 Å². The second kappa shape index (κ2) is 17.2. The van der Waals surface area contributed by atoms with Crippen LogP contribution in [0, 0.1) is 17.8 Å². The van der Waals surface area contributed by atoms with Gasteiger partial charge in [-0.1, -0.05) is 52.0 Å². The van der Waals surface area contributed by atoms with E-state index in [4.69, 9.17) is 18.9 Å². The number of ether oxygens (including phenoxy) is 4. The Labute approximate surface area is 263 Å². The Hall–Kier alpha value is -2.53. The van der Waals surface area contributed by atoms with Gasteiger partial charge in [0, 0.05) is 18.8 Å². The summed E-state index contributed by atoms with van der Waals surface area (Å²) in [5, 5.41) is 21.4. The van der Waals surface area contributed by atoms with Crippen LogP contribution >= 0.6 is 0 Å². The molecule has 10 heteroatoms. The lowest BCUT2D eigenvalue weighted by Gasteiger charge is -2.32. The van der Waals surface area contributed by atoms with Gasteiger partial charge in [0.05, 0.1) is 31.3 Å².